The molecule has 2 amide bonds. The van der Waals surface area contributed by atoms with Crippen molar-refractivity contribution in [2.24, 2.45) is 0 Å². The molecule has 0 unspecified atom stereocenters. The summed E-state index contributed by atoms with van der Waals surface area (Å²) >= 11 is 3.33. The fourth-order valence-corrected chi connectivity index (χ4v) is 2.95. The van der Waals surface area contributed by atoms with Crippen LogP contribution in [0.15, 0.2) is 71.5 Å². The molecule has 1 aromatic heterocycles. The number of hydrogen-bond donors (Lipinski definition) is 1. The van der Waals surface area contributed by atoms with Gasteiger partial charge in [0.05, 0.1) is 18.4 Å². The molecule has 2 aromatic carbocycles. The van der Waals surface area contributed by atoms with Crippen molar-refractivity contribution in [3.63, 3.8) is 0 Å². The Balaban J connectivity index is 1.53. The number of nitrogens with zero attached hydrogens (tertiary/aromatic N) is 3. The van der Waals surface area contributed by atoms with Crippen LogP contribution in [-0.4, -0.2) is 40.1 Å². The second-order valence-electron chi connectivity index (χ2n) is 6.07. The van der Waals surface area contributed by atoms with Gasteiger partial charge >= 0.3 is 0 Å². The van der Waals surface area contributed by atoms with Crippen LogP contribution in [0.25, 0.3) is 5.69 Å². The molecule has 3 aromatic rings. The van der Waals surface area contributed by atoms with Crippen molar-refractivity contribution < 1.29 is 9.59 Å². The minimum absolute atomic E-state index is 0.0608. The van der Waals surface area contributed by atoms with Gasteiger partial charge in [-0.15, -0.1) is 0 Å². The van der Waals surface area contributed by atoms with Crippen molar-refractivity contribution in [1.82, 2.24) is 20.0 Å². The maximum absolute atomic E-state index is 12.3. The van der Waals surface area contributed by atoms with Gasteiger partial charge in [-0.25, -0.2) is 4.68 Å². The third-order valence-corrected chi connectivity index (χ3v) is 4.48. The van der Waals surface area contributed by atoms with Gasteiger partial charge in [0.1, 0.15) is 0 Å². The van der Waals surface area contributed by atoms with E-state index in [-0.39, 0.29) is 18.4 Å². The maximum Gasteiger partial charge on any atom is 0.251 e. The third-order valence-electron chi connectivity index (χ3n) is 3.99. The highest BCUT2D eigenvalue weighted by atomic mass is 79.9. The van der Waals surface area contributed by atoms with Crippen LogP contribution in [0.3, 0.4) is 0 Å². The highest BCUT2D eigenvalue weighted by Gasteiger charge is 2.13. The summed E-state index contributed by atoms with van der Waals surface area (Å²) in [6.07, 6.45) is 3.62. The summed E-state index contributed by atoms with van der Waals surface area (Å²) < 4.78 is 2.58. The summed E-state index contributed by atoms with van der Waals surface area (Å²) in [4.78, 5) is 26.0. The molecule has 6 nitrogen and oxygen atoms in total. The van der Waals surface area contributed by atoms with E-state index in [2.05, 4.69) is 26.3 Å². The maximum atomic E-state index is 12.3. The molecule has 3 rings (SSSR count). The first-order chi connectivity index (χ1) is 13.0. The molecule has 0 spiro atoms. The minimum atomic E-state index is -0.282. The normalized spacial score (nSPS) is 10.4. The number of benzene rings is 2. The van der Waals surface area contributed by atoms with Crippen LogP contribution in [0.2, 0.25) is 0 Å². The van der Waals surface area contributed by atoms with E-state index in [1.165, 1.54) is 0 Å². The Bertz CT molecular complexity index is 940. The number of aromatic nitrogens is 2. The van der Waals surface area contributed by atoms with E-state index in [4.69, 9.17) is 0 Å². The lowest BCUT2D eigenvalue weighted by atomic mass is 10.2. The monoisotopic (exact) mass is 426 g/mol. The second kappa shape index (κ2) is 8.64. The molecule has 1 N–H and O–H groups in total. The summed E-state index contributed by atoms with van der Waals surface area (Å²) in [5.74, 6) is -0.458. The molecule has 0 atom stereocenters. The van der Waals surface area contributed by atoms with Crippen molar-refractivity contribution in [2.45, 2.75) is 6.54 Å². The Labute approximate surface area is 165 Å². The topological polar surface area (TPSA) is 67.2 Å². The molecule has 0 radical (unpaired) electrons. The van der Waals surface area contributed by atoms with E-state index in [1.54, 1.807) is 41.0 Å². The molecule has 1 heterocycles. The van der Waals surface area contributed by atoms with Gasteiger partial charge in [-0.3, -0.25) is 9.59 Å². The average molecular weight is 427 g/mol. The van der Waals surface area contributed by atoms with Crippen LogP contribution in [0.4, 0.5) is 0 Å². The summed E-state index contributed by atoms with van der Waals surface area (Å²) in [6.45, 7) is 0.354. The van der Waals surface area contributed by atoms with Crippen molar-refractivity contribution in [3.8, 4) is 5.69 Å². The lowest BCUT2D eigenvalue weighted by Gasteiger charge is -2.16. The van der Waals surface area contributed by atoms with Gasteiger partial charge in [-0.05, 0) is 30.3 Å². The Kier molecular flexibility index (Phi) is 6.03. The number of carbonyl (C=O) groups excluding carboxylic acids is 2. The van der Waals surface area contributed by atoms with E-state index in [9.17, 15) is 9.59 Å². The smallest absolute Gasteiger partial charge is 0.251 e. The van der Waals surface area contributed by atoms with E-state index >= 15 is 0 Å². The van der Waals surface area contributed by atoms with Crippen LogP contribution < -0.4 is 5.32 Å². The van der Waals surface area contributed by atoms with Crippen LogP contribution >= 0.6 is 15.9 Å². The van der Waals surface area contributed by atoms with E-state index in [0.29, 0.717) is 12.1 Å². The number of para-hydroxylation sites is 1. The molecule has 0 aliphatic carbocycles. The summed E-state index contributed by atoms with van der Waals surface area (Å²) in [6, 6.07) is 16.8. The summed E-state index contributed by atoms with van der Waals surface area (Å²) in [5, 5.41) is 6.98. The van der Waals surface area contributed by atoms with Gasteiger partial charge in [-0.1, -0.05) is 40.2 Å². The quantitative estimate of drug-likeness (QED) is 0.658. The Hall–Kier alpha value is -2.93. The average Bonchev–Trinajstić information content (AvgIpc) is 3.15. The Morgan fingerprint density at radius 2 is 1.93 bits per heavy atom. The highest BCUT2D eigenvalue weighted by Crippen LogP contribution is 2.12. The summed E-state index contributed by atoms with van der Waals surface area (Å²) in [7, 11) is 1.70. The van der Waals surface area contributed by atoms with Gasteiger partial charge in [0.25, 0.3) is 5.91 Å². The molecule has 7 heteroatoms. The lowest BCUT2D eigenvalue weighted by molar-refractivity contribution is -0.129. The first kappa shape index (κ1) is 18.8. The predicted octanol–water partition coefficient (Wildman–Crippen LogP) is 3.02. The molecule has 0 fully saturated rings. The van der Waals surface area contributed by atoms with Crippen LogP contribution in [-0.2, 0) is 11.3 Å². The number of carbonyl (C=O) groups is 2. The van der Waals surface area contributed by atoms with Crippen LogP contribution in [0, 0.1) is 0 Å². The zero-order chi connectivity index (χ0) is 19.2. The van der Waals surface area contributed by atoms with Crippen LogP contribution in [0.1, 0.15) is 15.9 Å². The van der Waals surface area contributed by atoms with E-state index in [1.807, 2.05) is 42.6 Å². The standard InChI is InChI=1S/C20H19BrN4O2/c1-24(13-15-11-23-25(14-15)18-8-3-2-4-9-18)19(26)12-22-20(27)16-6-5-7-17(21)10-16/h2-11,14H,12-13H2,1H3,(H,22,27). The molecule has 0 bridgehead atoms. The predicted molar refractivity (Wildman–Crippen MR) is 107 cm³/mol. The molecule has 0 saturated heterocycles. The molecule has 0 saturated carbocycles. The number of amides is 2. The lowest BCUT2D eigenvalue weighted by Crippen LogP contribution is -2.37. The van der Waals surface area contributed by atoms with Crippen molar-refractivity contribution >= 4 is 27.7 Å². The third kappa shape index (κ3) is 5.04. The SMILES string of the molecule is CN(Cc1cnn(-c2ccccc2)c1)C(=O)CNC(=O)c1cccc(Br)c1. The zero-order valence-corrected chi connectivity index (χ0v) is 16.4. The van der Waals surface area contributed by atoms with Crippen LogP contribution in [0.5, 0.6) is 0 Å². The van der Waals surface area contributed by atoms with Crippen molar-refractivity contribution in [3.05, 3.63) is 82.6 Å². The number of likely N-dealkylation sites (N-methyl/N-ethyl adjacent to an activating group) is 1. The fourth-order valence-electron chi connectivity index (χ4n) is 2.55. The van der Waals surface area contributed by atoms with Gasteiger partial charge in [0.15, 0.2) is 0 Å². The number of halogens is 1. The Morgan fingerprint density at radius 3 is 2.67 bits per heavy atom. The van der Waals surface area contributed by atoms with Crippen molar-refractivity contribution in [2.75, 3.05) is 13.6 Å². The van der Waals surface area contributed by atoms with Gasteiger partial charge in [-0.2, -0.15) is 5.10 Å². The first-order valence-corrected chi connectivity index (χ1v) is 9.19. The van der Waals surface area contributed by atoms with Gasteiger partial charge in [0.2, 0.25) is 5.91 Å². The van der Waals surface area contributed by atoms with Gasteiger partial charge in [0, 0.05) is 35.4 Å². The van der Waals surface area contributed by atoms with Gasteiger partial charge < -0.3 is 10.2 Å². The zero-order valence-electron chi connectivity index (χ0n) is 14.8. The van der Waals surface area contributed by atoms with E-state index in [0.717, 1.165) is 15.7 Å². The molecule has 27 heavy (non-hydrogen) atoms. The van der Waals surface area contributed by atoms with Crippen molar-refractivity contribution in [1.29, 1.82) is 0 Å². The minimum Gasteiger partial charge on any atom is -0.343 e. The molecule has 0 aliphatic rings. The highest BCUT2D eigenvalue weighted by molar-refractivity contribution is 9.10. The molecular weight excluding hydrogens is 408 g/mol. The summed E-state index contributed by atoms with van der Waals surface area (Å²) in [5.41, 5.74) is 2.37. The number of hydrogen-bond acceptors (Lipinski definition) is 3. The fraction of sp³-hybridized carbons (Fsp3) is 0.150. The van der Waals surface area contributed by atoms with E-state index < -0.39 is 0 Å². The number of rotatable bonds is 6. The molecule has 0 aliphatic heterocycles. The molecule has 138 valence electrons. The largest absolute Gasteiger partial charge is 0.343 e. The molecular formula is C20H19BrN4O2. The second-order valence-corrected chi connectivity index (χ2v) is 6.99. The number of nitrogens with one attached hydrogen (secondary N) is 1. The Morgan fingerprint density at radius 1 is 1.15 bits per heavy atom. The first-order valence-electron chi connectivity index (χ1n) is 8.39.